The van der Waals surface area contributed by atoms with Crippen LogP contribution in [0.3, 0.4) is 0 Å². The van der Waals surface area contributed by atoms with Gasteiger partial charge in [-0.05, 0) is 53.9 Å². The normalized spacial score (nSPS) is 20.0. The summed E-state index contributed by atoms with van der Waals surface area (Å²) in [6.07, 6.45) is 2.61. The largest absolute Gasteiger partial charge is 0.480 e. The van der Waals surface area contributed by atoms with Crippen LogP contribution in [0.2, 0.25) is 0 Å². The van der Waals surface area contributed by atoms with Crippen LogP contribution in [0.1, 0.15) is 63.0 Å². The summed E-state index contributed by atoms with van der Waals surface area (Å²) in [5, 5.41) is 15.0. The number of alkyl carbamates (subject to hydrolysis) is 1. The first-order valence-corrected chi connectivity index (χ1v) is 12.5. The number of carbonyl (C=O) groups excluding carboxylic acids is 2. The van der Waals surface area contributed by atoms with E-state index in [9.17, 15) is 19.5 Å². The number of nitrogens with one attached hydrogen (secondary N) is 2. The first-order chi connectivity index (χ1) is 16.8. The molecule has 2 amide bonds. The number of carboxylic acids is 1. The van der Waals surface area contributed by atoms with Crippen LogP contribution in [0.15, 0.2) is 48.5 Å². The third kappa shape index (κ3) is 5.84. The molecular weight excluding hydrogens is 444 g/mol. The van der Waals surface area contributed by atoms with E-state index in [1.165, 1.54) is 11.1 Å². The summed E-state index contributed by atoms with van der Waals surface area (Å²) < 4.78 is 5.65. The van der Waals surface area contributed by atoms with Gasteiger partial charge in [0.1, 0.15) is 12.6 Å². The van der Waals surface area contributed by atoms with Gasteiger partial charge in [0.2, 0.25) is 5.91 Å². The molecule has 0 aliphatic heterocycles. The van der Waals surface area contributed by atoms with Crippen LogP contribution in [-0.2, 0) is 14.3 Å². The van der Waals surface area contributed by atoms with E-state index < -0.39 is 18.1 Å². The number of hydrogen-bond acceptors (Lipinski definition) is 4. The van der Waals surface area contributed by atoms with Crippen LogP contribution in [0.25, 0.3) is 11.1 Å². The number of ether oxygens (including phenoxy) is 1. The second kappa shape index (κ2) is 10.9. The standard InChI is InChI=1S/C28H34N2O5/c1-17(2)14-25(27(32)33)30-26(31)18-8-7-9-19(15-18)29-28(34)35-16-24-22-12-5-3-10-20(22)21-11-4-6-13-23(21)24/h3-6,10-13,17-19,24-25H,7-9,14-16H2,1-2H3,(H,29,34)(H,30,31)(H,32,33)/t18-,19+,25+/m1/s1. The lowest BCUT2D eigenvalue weighted by atomic mass is 9.85. The molecule has 7 heteroatoms. The van der Waals surface area contributed by atoms with Crippen molar-refractivity contribution in [2.75, 3.05) is 6.61 Å². The minimum atomic E-state index is -1.02. The summed E-state index contributed by atoms with van der Waals surface area (Å²) in [7, 11) is 0. The zero-order valence-corrected chi connectivity index (χ0v) is 20.3. The number of amides is 2. The van der Waals surface area contributed by atoms with Crippen LogP contribution >= 0.6 is 0 Å². The summed E-state index contributed by atoms with van der Waals surface area (Å²) in [6, 6.07) is 15.3. The molecule has 0 radical (unpaired) electrons. The molecule has 0 saturated heterocycles. The molecule has 3 N–H and O–H groups in total. The Hall–Kier alpha value is -3.35. The van der Waals surface area contributed by atoms with Gasteiger partial charge in [0.15, 0.2) is 0 Å². The predicted octanol–water partition coefficient (Wildman–Crippen LogP) is 4.70. The Balaban J connectivity index is 1.31. The molecule has 2 aromatic rings. The molecule has 0 spiro atoms. The average Bonchev–Trinajstić information content (AvgIpc) is 3.16. The molecular formula is C28H34N2O5. The Morgan fingerprint density at radius 1 is 1.00 bits per heavy atom. The van der Waals surface area contributed by atoms with Gasteiger partial charge >= 0.3 is 12.1 Å². The lowest BCUT2D eigenvalue weighted by Gasteiger charge is -2.30. The lowest BCUT2D eigenvalue weighted by Crippen LogP contribution is -2.47. The van der Waals surface area contributed by atoms with E-state index in [1.807, 2.05) is 38.1 Å². The second-order valence-corrected chi connectivity index (χ2v) is 10.1. The van der Waals surface area contributed by atoms with Gasteiger partial charge in [0.25, 0.3) is 0 Å². The minimum Gasteiger partial charge on any atom is -0.480 e. The van der Waals surface area contributed by atoms with Gasteiger partial charge in [0.05, 0.1) is 0 Å². The van der Waals surface area contributed by atoms with E-state index >= 15 is 0 Å². The van der Waals surface area contributed by atoms with E-state index in [0.717, 1.165) is 24.0 Å². The van der Waals surface area contributed by atoms with E-state index in [1.54, 1.807) is 0 Å². The third-order valence-corrected chi connectivity index (χ3v) is 7.03. The summed E-state index contributed by atoms with van der Waals surface area (Å²) in [5.74, 6) is -1.44. The van der Waals surface area contributed by atoms with E-state index in [-0.39, 0.29) is 36.3 Å². The Bertz CT molecular complexity index is 1040. The highest BCUT2D eigenvalue weighted by Crippen LogP contribution is 2.44. The Labute approximate surface area is 206 Å². The van der Waals surface area contributed by atoms with Crippen LogP contribution in [0.4, 0.5) is 4.79 Å². The maximum atomic E-state index is 12.7. The van der Waals surface area contributed by atoms with Crippen LogP contribution in [-0.4, -0.2) is 41.8 Å². The summed E-state index contributed by atoms with van der Waals surface area (Å²) in [5.41, 5.74) is 4.67. The molecule has 0 unspecified atom stereocenters. The lowest BCUT2D eigenvalue weighted by molar-refractivity contribution is -0.143. The maximum absolute atomic E-state index is 12.7. The van der Waals surface area contributed by atoms with E-state index in [0.29, 0.717) is 19.3 Å². The SMILES string of the molecule is CC(C)C[C@H](NC(=O)[C@@H]1CCC[C@H](NC(=O)OCC2c3ccccc3-c3ccccc32)C1)C(=O)O. The second-order valence-electron chi connectivity index (χ2n) is 10.1. The van der Waals surface area contributed by atoms with Crippen molar-refractivity contribution < 1.29 is 24.2 Å². The molecule has 1 saturated carbocycles. The van der Waals surface area contributed by atoms with Crippen molar-refractivity contribution in [2.45, 2.75) is 64.0 Å². The molecule has 2 aliphatic rings. The summed E-state index contributed by atoms with van der Waals surface area (Å²) >= 11 is 0. The number of benzene rings is 2. The van der Waals surface area contributed by atoms with Gasteiger partial charge in [-0.1, -0.05) is 68.8 Å². The quantitative estimate of drug-likeness (QED) is 0.510. The third-order valence-electron chi connectivity index (χ3n) is 7.03. The topological polar surface area (TPSA) is 105 Å². The highest BCUT2D eigenvalue weighted by molar-refractivity contribution is 5.85. The fourth-order valence-corrected chi connectivity index (χ4v) is 5.35. The Morgan fingerprint density at radius 2 is 1.63 bits per heavy atom. The highest BCUT2D eigenvalue weighted by atomic mass is 16.5. The predicted molar refractivity (Wildman–Crippen MR) is 133 cm³/mol. The molecule has 2 aliphatic carbocycles. The van der Waals surface area contributed by atoms with Crippen molar-refractivity contribution in [1.82, 2.24) is 10.6 Å². The van der Waals surface area contributed by atoms with Crippen LogP contribution < -0.4 is 10.6 Å². The van der Waals surface area contributed by atoms with Gasteiger partial charge in [-0.25, -0.2) is 9.59 Å². The zero-order chi connectivity index (χ0) is 24.9. The molecule has 0 bridgehead atoms. The number of fused-ring (bicyclic) bond motifs is 3. The Kier molecular flexibility index (Phi) is 7.73. The van der Waals surface area contributed by atoms with Crippen molar-refractivity contribution in [1.29, 1.82) is 0 Å². The van der Waals surface area contributed by atoms with Gasteiger partial charge in [-0.15, -0.1) is 0 Å². The summed E-state index contributed by atoms with van der Waals surface area (Å²) in [4.78, 5) is 36.9. The molecule has 4 rings (SSSR count). The van der Waals surface area contributed by atoms with Crippen molar-refractivity contribution in [2.24, 2.45) is 11.8 Å². The van der Waals surface area contributed by atoms with E-state index in [4.69, 9.17) is 4.74 Å². The van der Waals surface area contributed by atoms with Crippen LogP contribution in [0, 0.1) is 11.8 Å². The number of carboxylic acid groups (broad SMARTS) is 1. The molecule has 2 aromatic carbocycles. The number of carbonyl (C=O) groups is 3. The minimum absolute atomic E-state index is 0.00746. The smallest absolute Gasteiger partial charge is 0.407 e. The molecule has 1 fully saturated rings. The molecule has 186 valence electrons. The number of hydrogen-bond donors (Lipinski definition) is 3. The van der Waals surface area contributed by atoms with Crippen molar-refractivity contribution in [3.8, 4) is 11.1 Å². The zero-order valence-electron chi connectivity index (χ0n) is 20.3. The molecule has 3 atom stereocenters. The fraction of sp³-hybridized carbons (Fsp3) is 0.464. The average molecular weight is 479 g/mol. The first kappa shape index (κ1) is 24.8. The van der Waals surface area contributed by atoms with Gasteiger partial charge in [-0.2, -0.15) is 0 Å². The van der Waals surface area contributed by atoms with Crippen molar-refractivity contribution in [3.05, 3.63) is 59.7 Å². The first-order valence-electron chi connectivity index (χ1n) is 12.5. The number of rotatable bonds is 8. The van der Waals surface area contributed by atoms with Crippen molar-refractivity contribution >= 4 is 18.0 Å². The van der Waals surface area contributed by atoms with Gasteiger partial charge < -0.3 is 20.5 Å². The van der Waals surface area contributed by atoms with Crippen molar-refractivity contribution in [3.63, 3.8) is 0 Å². The summed E-state index contributed by atoms with van der Waals surface area (Å²) in [6.45, 7) is 4.10. The maximum Gasteiger partial charge on any atom is 0.407 e. The fourth-order valence-electron chi connectivity index (χ4n) is 5.35. The molecule has 35 heavy (non-hydrogen) atoms. The Morgan fingerprint density at radius 3 is 2.23 bits per heavy atom. The molecule has 0 heterocycles. The monoisotopic (exact) mass is 478 g/mol. The molecule has 0 aromatic heterocycles. The van der Waals surface area contributed by atoms with Crippen LogP contribution in [0.5, 0.6) is 0 Å². The van der Waals surface area contributed by atoms with Gasteiger partial charge in [-0.3, -0.25) is 4.79 Å². The van der Waals surface area contributed by atoms with Gasteiger partial charge in [0, 0.05) is 17.9 Å². The molecule has 7 nitrogen and oxygen atoms in total. The van der Waals surface area contributed by atoms with E-state index in [2.05, 4.69) is 34.9 Å². The number of aliphatic carboxylic acids is 1. The highest BCUT2D eigenvalue weighted by Gasteiger charge is 2.32.